The molecule has 2 aromatic carbocycles. The minimum Gasteiger partial charge on any atom is -0.354 e. The number of pyridine rings is 1. The number of amides is 1. The highest BCUT2D eigenvalue weighted by molar-refractivity contribution is 5.94. The molecule has 0 atom stereocenters. The van der Waals surface area contributed by atoms with Gasteiger partial charge in [0, 0.05) is 18.4 Å². The van der Waals surface area contributed by atoms with Crippen molar-refractivity contribution in [1.82, 2.24) is 10.3 Å². The van der Waals surface area contributed by atoms with Crippen molar-refractivity contribution in [2.45, 2.75) is 27.3 Å². The number of carbonyl (C=O) groups excluding carboxylic acids is 1. The lowest BCUT2D eigenvalue weighted by Gasteiger charge is -2.12. The molecule has 0 aliphatic carbocycles. The molecule has 1 amide bonds. The molecule has 132 valence electrons. The number of nitrogens with zero attached hydrogens (tertiary/aromatic N) is 1. The molecule has 0 unspecified atom stereocenters. The highest BCUT2D eigenvalue weighted by Crippen LogP contribution is 2.22. The fourth-order valence-electron chi connectivity index (χ4n) is 2.66. The first kappa shape index (κ1) is 17.7. The predicted octanol–water partition coefficient (Wildman–Crippen LogP) is 4.68. The van der Waals surface area contributed by atoms with Crippen molar-refractivity contribution in [3.05, 3.63) is 88.7 Å². The maximum atomic E-state index is 12.4. The second kappa shape index (κ2) is 7.83. The van der Waals surface area contributed by atoms with Crippen LogP contribution < -0.4 is 10.6 Å². The molecule has 26 heavy (non-hydrogen) atoms. The van der Waals surface area contributed by atoms with E-state index in [2.05, 4.69) is 35.5 Å². The summed E-state index contributed by atoms with van der Waals surface area (Å²) in [7, 11) is 0. The van der Waals surface area contributed by atoms with Gasteiger partial charge in [0.25, 0.3) is 5.91 Å². The molecule has 3 aromatic rings. The SMILES string of the molecule is Cc1ccc(CNC(=O)c2cncc(Nc3cccc(C)c3C)c2)cc1. The number of benzene rings is 2. The molecule has 2 N–H and O–H groups in total. The van der Waals surface area contributed by atoms with Crippen molar-refractivity contribution in [3.63, 3.8) is 0 Å². The molecular weight excluding hydrogens is 322 g/mol. The van der Waals surface area contributed by atoms with Crippen LogP contribution in [0.2, 0.25) is 0 Å². The maximum Gasteiger partial charge on any atom is 0.253 e. The monoisotopic (exact) mass is 345 g/mol. The van der Waals surface area contributed by atoms with Crippen LogP contribution in [-0.2, 0) is 6.54 Å². The van der Waals surface area contributed by atoms with Crippen molar-refractivity contribution in [2.24, 2.45) is 0 Å². The van der Waals surface area contributed by atoms with Crippen molar-refractivity contribution < 1.29 is 4.79 Å². The average molecular weight is 345 g/mol. The van der Waals surface area contributed by atoms with Gasteiger partial charge in [-0.1, -0.05) is 42.0 Å². The zero-order chi connectivity index (χ0) is 18.5. The Balaban J connectivity index is 1.69. The molecule has 0 saturated carbocycles. The maximum absolute atomic E-state index is 12.4. The Morgan fingerprint density at radius 1 is 1.00 bits per heavy atom. The van der Waals surface area contributed by atoms with Crippen molar-refractivity contribution in [3.8, 4) is 0 Å². The second-order valence-electron chi connectivity index (χ2n) is 6.50. The summed E-state index contributed by atoms with van der Waals surface area (Å²) in [5.41, 5.74) is 7.02. The van der Waals surface area contributed by atoms with E-state index in [1.807, 2.05) is 49.4 Å². The summed E-state index contributed by atoms with van der Waals surface area (Å²) in [6.45, 7) is 6.69. The number of rotatable bonds is 5. The van der Waals surface area contributed by atoms with Crippen LogP contribution in [-0.4, -0.2) is 10.9 Å². The summed E-state index contributed by atoms with van der Waals surface area (Å²) < 4.78 is 0. The molecule has 0 aliphatic rings. The van der Waals surface area contributed by atoms with Crippen LogP contribution in [0.15, 0.2) is 60.9 Å². The van der Waals surface area contributed by atoms with Crippen LogP contribution in [0, 0.1) is 20.8 Å². The third kappa shape index (κ3) is 4.28. The van der Waals surface area contributed by atoms with Crippen molar-refractivity contribution in [2.75, 3.05) is 5.32 Å². The number of aromatic nitrogens is 1. The highest BCUT2D eigenvalue weighted by atomic mass is 16.1. The fraction of sp³-hybridized carbons (Fsp3) is 0.182. The second-order valence-corrected chi connectivity index (χ2v) is 6.50. The standard InChI is InChI=1S/C22H23N3O/c1-15-7-9-18(10-8-15)12-24-22(26)19-11-20(14-23-13-19)25-21-6-4-5-16(2)17(21)3/h4-11,13-14,25H,12H2,1-3H3,(H,24,26). The molecule has 0 fully saturated rings. The van der Waals surface area contributed by atoms with Gasteiger partial charge in [0.2, 0.25) is 0 Å². The summed E-state index contributed by atoms with van der Waals surface area (Å²) in [6.07, 6.45) is 3.30. The van der Waals surface area contributed by atoms with Crippen LogP contribution in [0.5, 0.6) is 0 Å². The van der Waals surface area contributed by atoms with Gasteiger partial charge in [-0.15, -0.1) is 0 Å². The molecule has 0 bridgehead atoms. The van der Waals surface area contributed by atoms with Gasteiger partial charge in [-0.05, 0) is 49.6 Å². The van der Waals surface area contributed by atoms with Gasteiger partial charge in [-0.2, -0.15) is 0 Å². The van der Waals surface area contributed by atoms with Crippen LogP contribution in [0.3, 0.4) is 0 Å². The average Bonchev–Trinajstić information content (AvgIpc) is 2.65. The molecule has 0 aliphatic heterocycles. The van der Waals surface area contributed by atoms with Gasteiger partial charge in [0.1, 0.15) is 0 Å². The molecule has 3 rings (SSSR count). The van der Waals surface area contributed by atoms with E-state index in [4.69, 9.17) is 0 Å². The van der Waals surface area contributed by atoms with E-state index in [1.54, 1.807) is 12.4 Å². The number of hydrogen-bond acceptors (Lipinski definition) is 3. The van der Waals surface area contributed by atoms with Gasteiger partial charge in [-0.3, -0.25) is 9.78 Å². The van der Waals surface area contributed by atoms with E-state index in [1.165, 1.54) is 16.7 Å². The Kier molecular flexibility index (Phi) is 5.32. The zero-order valence-corrected chi connectivity index (χ0v) is 15.3. The Bertz CT molecular complexity index is 917. The summed E-state index contributed by atoms with van der Waals surface area (Å²) in [5, 5.41) is 6.29. The lowest BCUT2D eigenvalue weighted by atomic mass is 10.1. The zero-order valence-electron chi connectivity index (χ0n) is 15.3. The van der Waals surface area contributed by atoms with Gasteiger partial charge >= 0.3 is 0 Å². The number of anilines is 2. The minimum atomic E-state index is -0.136. The van der Waals surface area contributed by atoms with Gasteiger partial charge < -0.3 is 10.6 Å². The Hall–Kier alpha value is -3.14. The normalized spacial score (nSPS) is 10.4. The summed E-state index contributed by atoms with van der Waals surface area (Å²) in [4.78, 5) is 16.6. The van der Waals surface area contributed by atoms with Gasteiger partial charge in [-0.25, -0.2) is 0 Å². The number of aryl methyl sites for hydroxylation is 2. The molecule has 4 heteroatoms. The van der Waals surface area contributed by atoms with Crippen molar-refractivity contribution in [1.29, 1.82) is 0 Å². The quantitative estimate of drug-likeness (QED) is 0.706. The third-order valence-corrected chi connectivity index (χ3v) is 4.46. The first-order valence-corrected chi connectivity index (χ1v) is 8.65. The Morgan fingerprint density at radius 2 is 1.77 bits per heavy atom. The van der Waals surface area contributed by atoms with Crippen LogP contribution in [0.4, 0.5) is 11.4 Å². The fourth-order valence-corrected chi connectivity index (χ4v) is 2.66. The van der Waals surface area contributed by atoms with E-state index >= 15 is 0 Å². The van der Waals surface area contributed by atoms with Gasteiger partial charge in [0.05, 0.1) is 17.4 Å². The first-order chi connectivity index (χ1) is 12.5. The number of nitrogens with one attached hydrogen (secondary N) is 2. The molecule has 1 heterocycles. The van der Waals surface area contributed by atoms with Gasteiger partial charge in [0.15, 0.2) is 0 Å². The molecule has 0 saturated heterocycles. The summed E-state index contributed by atoms with van der Waals surface area (Å²) >= 11 is 0. The van der Waals surface area contributed by atoms with E-state index in [0.717, 1.165) is 16.9 Å². The first-order valence-electron chi connectivity index (χ1n) is 8.65. The lowest BCUT2D eigenvalue weighted by Crippen LogP contribution is -2.23. The van der Waals surface area contributed by atoms with Crippen LogP contribution in [0.25, 0.3) is 0 Å². The number of carbonyl (C=O) groups is 1. The van der Waals surface area contributed by atoms with E-state index in [9.17, 15) is 4.79 Å². The Morgan fingerprint density at radius 3 is 2.54 bits per heavy atom. The van der Waals surface area contributed by atoms with Crippen LogP contribution >= 0.6 is 0 Å². The van der Waals surface area contributed by atoms with E-state index in [-0.39, 0.29) is 5.91 Å². The number of hydrogen-bond donors (Lipinski definition) is 2. The minimum absolute atomic E-state index is 0.136. The molecule has 0 radical (unpaired) electrons. The molecule has 1 aromatic heterocycles. The largest absolute Gasteiger partial charge is 0.354 e. The predicted molar refractivity (Wildman–Crippen MR) is 106 cm³/mol. The van der Waals surface area contributed by atoms with Crippen molar-refractivity contribution >= 4 is 17.3 Å². The molecular formula is C22H23N3O. The Labute approximate surface area is 154 Å². The highest BCUT2D eigenvalue weighted by Gasteiger charge is 2.08. The molecule has 4 nitrogen and oxygen atoms in total. The smallest absolute Gasteiger partial charge is 0.253 e. The molecule has 0 spiro atoms. The topological polar surface area (TPSA) is 54.0 Å². The van der Waals surface area contributed by atoms with E-state index in [0.29, 0.717) is 12.1 Å². The summed E-state index contributed by atoms with van der Waals surface area (Å²) in [5.74, 6) is -0.136. The lowest BCUT2D eigenvalue weighted by molar-refractivity contribution is 0.0950. The van der Waals surface area contributed by atoms with E-state index < -0.39 is 0 Å². The van der Waals surface area contributed by atoms with Crippen LogP contribution in [0.1, 0.15) is 32.6 Å². The summed E-state index contributed by atoms with van der Waals surface area (Å²) in [6, 6.07) is 16.0. The third-order valence-electron chi connectivity index (χ3n) is 4.46.